The van der Waals surface area contributed by atoms with Crippen molar-refractivity contribution in [3.05, 3.63) is 146 Å². The van der Waals surface area contributed by atoms with Crippen LogP contribution in [0.3, 0.4) is 0 Å². The molecule has 45 heavy (non-hydrogen) atoms. The quantitative estimate of drug-likeness (QED) is 0.189. The number of rotatable bonds is 4. The van der Waals surface area contributed by atoms with Gasteiger partial charge in [0.1, 0.15) is 9.40 Å². The number of para-hydroxylation sites is 2. The van der Waals surface area contributed by atoms with E-state index in [4.69, 9.17) is 0 Å². The van der Waals surface area contributed by atoms with Crippen LogP contribution in [0.2, 0.25) is 0 Å². The molecule has 8 aromatic rings. The summed E-state index contributed by atoms with van der Waals surface area (Å²) in [4.78, 5) is 6.70. The molecule has 0 aliphatic heterocycles. The van der Waals surface area contributed by atoms with E-state index < -0.39 is 0 Å². The van der Waals surface area contributed by atoms with Gasteiger partial charge in [0.05, 0.1) is 0 Å². The van der Waals surface area contributed by atoms with Crippen molar-refractivity contribution in [2.24, 2.45) is 0 Å². The maximum atomic E-state index is 12.0. The minimum Gasteiger partial charge on any atom is -0.872 e. The van der Waals surface area contributed by atoms with Crippen LogP contribution in [0.25, 0.3) is 63.8 Å². The second-order valence-electron chi connectivity index (χ2n) is 10.3. The molecule has 2 N–H and O–H groups in total. The molecule has 8 rings (SSSR count). The number of hydrogen-bond acceptors (Lipinski definition) is 4. The van der Waals surface area contributed by atoms with Crippen molar-refractivity contribution in [3.63, 3.8) is 0 Å². The van der Waals surface area contributed by atoms with Crippen molar-refractivity contribution >= 4 is 53.2 Å². The fourth-order valence-corrected chi connectivity index (χ4v) is 7.26. The van der Waals surface area contributed by atoms with Crippen LogP contribution in [0.15, 0.2) is 146 Å². The first-order chi connectivity index (χ1) is 21.6. The molecular formula is C38H26BeN2O2S2+2. The Hall–Kier alpha value is -5.13. The van der Waals surface area contributed by atoms with E-state index in [0.717, 1.165) is 41.6 Å². The Bertz CT molecular complexity index is 2050. The molecule has 0 bridgehead atoms. The van der Waals surface area contributed by atoms with E-state index in [1.807, 2.05) is 60.7 Å². The molecule has 0 amide bonds. The summed E-state index contributed by atoms with van der Waals surface area (Å²) < 4.78 is 2.30. The monoisotopic (exact) mass is 615 g/mol. The van der Waals surface area contributed by atoms with E-state index in [0.29, 0.717) is 0 Å². The molecule has 0 atom stereocenters. The fourth-order valence-electron chi connectivity index (χ4n) is 5.11. The molecule has 0 fully saturated rings. The molecule has 0 spiro atoms. The van der Waals surface area contributed by atoms with E-state index in [1.165, 1.54) is 22.3 Å². The van der Waals surface area contributed by atoms with Gasteiger partial charge in [-0.3, -0.25) is 0 Å². The van der Waals surface area contributed by atoms with Crippen LogP contribution >= 0.6 is 22.7 Å². The third-order valence-electron chi connectivity index (χ3n) is 7.36. The van der Waals surface area contributed by atoms with Gasteiger partial charge in [0.2, 0.25) is 11.0 Å². The summed E-state index contributed by atoms with van der Waals surface area (Å²) in [7, 11) is 0. The number of aromatic nitrogens is 2. The van der Waals surface area contributed by atoms with E-state index in [9.17, 15) is 10.2 Å². The van der Waals surface area contributed by atoms with Gasteiger partial charge in [-0.15, -0.1) is 0 Å². The fraction of sp³-hybridized carbons (Fsp3) is 0. The molecule has 2 heterocycles. The maximum absolute atomic E-state index is 12.0. The van der Waals surface area contributed by atoms with Gasteiger partial charge in [-0.2, -0.15) is 9.97 Å². The summed E-state index contributed by atoms with van der Waals surface area (Å²) >= 11 is 3.24. The zero-order valence-corrected chi connectivity index (χ0v) is 25.8. The van der Waals surface area contributed by atoms with Gasteiger partial charge in [0, 0.05) is 23.3 Å². The van der Waals surface area contributed by atoms with E-state index in [2.05, 4.69) is 70.6 Å². The van der Waals surface area contributed by atoms with Gasteiger partial charge in [0.15, 0.2) is 0 Å². The first-order valence-corrected chi connectivity index (χ1v) is 15.8. The third kappa shape index (κ3) is 6.40. The van der Waals surface area contributed by atoms with E-state index in [-0.39, 0.29) is 21.6 Å². The summed E-state index contributed by atoms with van der Waals surface area (Å²) in [5.41, 5.74) is 8.34. The first-order valence-electron chi connectivity index (χ1n) is 14.2. The van der Waals surface area contributed by atoms with Crippen molar-refractivity contribution < 1.29 is 20.2 Å². The molecule has 2 aromatic heterocycles. The van der Waals surface area contributed by atoms with Crippen molar-refractivity contribution in [2.75, 3.05) is 0 Å². The standard InChI is InChI=1S/2C19H13NOS.Be/c2*21-17-9-5-4-8-15(17)19-20-16-11-10-14(12-18(16)22-19)13-6-2-1-3-7-13;/h2*1-12,21H;/q;;+2. The summed E-state index contributed by atoms with van der Waals surface area (Å²) in [6, 6.07) is 47.6. The van der Waals surface area contributed by atoms with Crippen LogP contribution < -0.4 is 20.2 Å². The Morgan fingerprint density at radius 1 is 0.400 bits per heavy atom. The maximum Gasteiger partial charge on any atom is 2.00 e. The van der Waals surface area contributed by atoms with Crippen molar-refractivity contribution in [1.29, 1.82) is 0 Å². The Labute approximate surface area is 272 Å². The Morgan fingerprint density at radius 3 is 1.18 bits per heavy atom. The number of hydrogen-bond donors (Lipinski definition) is 0. The molecule has 4 nitrogen and oxygen atoms in total. The Balaban J connectivity index is 0.000000155. The van der Waals surface area contributed by atoms with Crippen molar-refractivity contribution in [1.82, 2.24) is 0 Å². The van der Waals surface area contributed by atoms with Crippen LogP contribution in [0.1, 0.15) is 0 Å². The summed E-state index contributed by atoms with van der Waals surface area (Å²) in [6.07, 6.45) is 0. The summed E-state index contributed by atoms with van der Waals surface area (Å²) in [5.74, 6) is 0.0992. The van der Waals surface area contributed by atoms with Gasteiger partial charge in [-0.05, 0) is 58.7 Å². The van der Waals surface area contributed by atoms with E-state index >= 15 is 0 Å². The second kappa shape index (κ2) is 13.2. The molecule has 6 aromatic carbocycles. The molecular weight excluding hydrogens is 590 g/mol. The molecule has 7 heteroatoms. The third-order valence-corrected chi connectivity index (χ3v) is 9.53. The SMILES string of the molecule is [Be+2].[O-]c1ccccc1-c1[nH+]c2ccc(-c3ccccc3)cc2s1.[O-]c1ccccc1-c1[nH+]c2ccc(-c3ccccc3)cc2s1. The first kappa shape index (κ1) is 29.9. The zero-order chi connectivity index (χ0) is 29.9. The number of thiazole rings is 2. The number of fused-ring (bicyclic) bond motifs is 2. The Kier molecular flexibility index (Phi) is 8.81. The summed E-state index contributed by atoms with van der Waals surface area (Å²) in [5, 5.41) is 25.8. The van der Waals surface area contributed by atoms with Crippen LogP contribution in [0, 0.1) is 0 Å². The molecule has 0 saturated heterocycles. The molecule has 0 saturated carbocycles. The van der Waals surface area contributed by atoms with Gasteiger partial charge in [-0.1, -0.05) is 131 Å². The molecule has 212 valence electrons. The normalized spacial score (nSPS) is 10.7. The zero-order valence-electron chi connectivity index (χ0n) is 24.2. The van der Waals surface area contributed by atoms with Crippen LogP contribution in [-0.4, -0.2) is 10.1 Å². The average Bonchev–Trinajstić information content (AvgIpc) is 3.70. The van der Waals surface area contributed by atoms with Gasteiger partial charge >= 0.3 is 10.1 Å². The predicted octanol–water partition coefficient (Wildman–Crippen LogP) is 7.87. The van der Waals surface area contributed by atoms with Crippen LogP contribution in [0.4, 0.5) is 0 Å². The van der Waals surface area contributed by atoms with Crippen LogP contribution in [-0.2, 0) is 0 Å². The summed E-state index contributed by atoms with van der Waals surface area (Å²) in [6.45, 7) is 0. The molecule has 0 radical (unpaired) electrons. The second-order valence-corrected chi connectivity index (χ2v) is 12.4. The number of nitrogens with one attached hydrogen (secondary N) is 2. The number of benzene rings is 6. The van der Waals surface area contributed by atoms with Crippen molar-refractivity contribution in [3.8, 4) is 54.9 Å². The molecule has 0 aliphatic rings. The minimum absolute atomic E-state index is 0. The van der Waals surface area contributed by atoms with Gasteiger partial charge < -0.3 is 10.2 Å². The predicted molar refractivity (Wildman–Crippen MR) is 183 cm³/mol. The van der Waals surface area contributed by atoms with Crippen molar-refractivity contribution in [2.45, 2.75) is 0 Å². The number of H-pyrrole nitrogens is 2. The number of aromatic amines is 2. The largest absolute Gasteiger partial charge is 2.00 e. The molecule has 0 unspecified atom stereocenters. The minimum atomic E-state index is 0. The molecule has 0 aliphatic carbocycles. The average molecular weight is 616 g/mol. The van der Waals surface area contributed by atoms with Gasteiger partial charge in [0.25, 0.3) is 10.0 Å². The van der Waals surface area contributed by atoms with Crippen LogP contribution in [0.5, 0.6) is 11.5 Å². The Morgan fingerprint density at radius 2 is 0.778 bits per heavy atom. The smallest absolute Gasteiger partial charge is 0.872 e. The topological polar surface area (TPSA) is 74.4 Å². The van der Waals surface area contributed by atoms with Gasteiger partial charge in [-0.25, -0.2) is 0 Å². The van der Waals surface area contributed by atoms with E-state index in [1.54, 1.807) is 46.9 Å².